The lowest BCUT2D eigenvalue weighted by molar-refractivity contribution is -0.149. The second-order valence-electron chi connectivity index (χ2n) is 9.43. The van der Waals surface area contributed by atoms with Crippen molar-refractivity contribution in [3.63, 3.8) is 0 Å². The average Bonchev–Trinajstić information content (AvgIpc) is 2.70. The Kier molecular flexibility index (Phi) is 5.75. The molecule has 0 radical (unpaired) electrons. The van der Waals surface area contributed by atoms with Crippen LogP contribution in [0, 0.1) is 0 Å². The summed E-state index contributed by atoms with van der Waals surface area (Å²) in [5.74, 6) is 0.754. The van der Waals surface area contributed by atoms with Gasteiger partial charge in [0.05, 0.1) is 6.10 Å². The molecule has 2 aromatic carbocycles. The molecule has 1 spiro atoms. The van der Waals surface area contributed by atoms with E-state index in [0.29, 0.717) is 24.3 Å². The zero-order chi connectivity index (χ0) is 22.9. The van der Waals surface area contributed by atoms with Gasteiger partial charge in [-0.1, -0.05) is 36.4 Å². The van der Waals surface area contributed by atoms with E-state index in [0.717, 1.165) is 11.1 Å². The lowest BCUT2D eigenvalue weighted by Gasteiger charge is -2.49. The number of ether oxygens (including phenoxy) is 3. The highest BCUT2D eigenvalue weighted by molar-refractivity contribution is 5.77. The number of urea groups is 1. The molecular formula is C25H30N2O5. The first-order chi connectivity index (χ1) is 15.1. The van der Waals surface area contributed by atoms with E-state index in [1.807, 2.05) is 44.2 Å². The third-order valence-electron chi connectivity index (χ3n) is 5.65. The van der Waals surface area contributed by atoms with Crippen molar-refractivity contribution < 1.29 is 23.8 Å². The maximum absolute atomic E-state index is 12.5. The van der Waals surface area contributed by atoms with Crippen molar-refractivity contribution in [1.29, 1.82) is 0 Å². The van der Waals surface area contributed by atoms with Gasteiger partial charge in [0.2, 0.25) is 0 Å². The molecule has 2 aliphatic rings. The predicted octanol–water partition coefficient (Wildman–Crippen LogP) is 4.11. The van der Waals surface area contributed by atoms with Crippen molar-refractivity contribution in [2.45, 2.75) is 63.8 Å². The largest absolute Gasteiger partial charge is 0.482 e. The van der Waals surface area contributed by atoms with Gasteiger partial charge in [-0.2, -0.15) is 0 Å². The monoisotopic (exact) mass is 438 g/mol. The van der Waals surface area contributed by atoms with Gasteiger partial charge in [0.25, 0.3) is 0 Å². The molecule has 0 aromatic heterocycles. The molecule has 0 unspecified atom stereocenters. The minimum atomic E-state index is -0.853. The first-order valence-electron chi connectivity index (χ1n) is 11.0. The van der Waals surface area contributed by atoms with Crippen molar-refractivity contribution in [3.05, 3.63) is 59.7 Å². The van der Waals surface area contributed by atoms with Crippen LogP contribution < -0.4 is 20.1 Å². The van der Waals surface area contributed by atoms with Gasteiger partial charge in [-0.25, -0.2) is 9.59 Å². The maximum Gasteiger partial charge on any atom is 0.344 e. The summed E-state index contributed by atoms with van der Waals surface area (Å²) >= 11 is 0. The van der Waals surface area contributed by atoms with E-state index in [-0.39, 0.29) is 24.7 Å². The quantitative estimate of drug-likeness (QED) is 0.686. The number of nitrogens with one attached hydrogen (secondary N) is 2. The minimum absolute atomic E-state index is 0.0362. The average molecular weight is 439 g/mol. The molecule has 7 heteroatoms. The number of fused-ring (bicyclic) bond motifs is 1. The van der Waals surface area contributed by atoms with Crippen LogP contribution in [0.2, 0.25) is 0 Å². The molecule has 1 saturated heterocycles. The highest BCUT2D eigenvalue weighted by Crippen LogP contribution is 2.47. The van der Waals surface area contributed by atoms with E-state index < -0.39 is 17.2 Å². The van der Waals surface area contributed by atoms with Crippen molar-refractivity contribution in [2.24, 2.45) is 0 Å². The van der Waals surface area contributed by atoms with Gasteiger partial charge in [-0.3, -0.25) is 0 Å². The third-order valence-corrected chi connectivity index (χ3v) is 5.65. The minimum Gasteiger partial charge on any atom is -0.482 e. The van der Waals surface area contributed by atoms with Gasteiger partial charge < -0.3 is 24.8 Å². The first-order valence-corrected chi connectivity index (χ1v) is 11.0. The Labute approximate surface area is 188 Å². The summed E-state index contributed by atoms with van der Waals surface area (Å²) in [6, 6.07) is 15.5. The normalized spacial score (nSPS) is 23.5. The number of amides is 2. The van der Waals surface area contributed by atoms with E-state index in [9.17, 15) is 9.59 Å². The molecular weight excluding hydrogens is 408 g/mol. The molecule has 2 aromatic rings. The molecule has 1 fully saturated rings. The molecule has 2 heterocycles. The summed E-state index contributed by atoms with van der Waals surface area (Å²) < 4.78 is 17.3. The van der Waals surface area contributed by atoms with Gasteiger partial charge in [-0.15, -0.1) is 0 Å². The van der Waals surface area contributed by atoms with E-state index >= 15 is 0 Å². The standard InChI is InChI=1S/C25H30N2O5/c1-16(2)31-22(28)14-30-18-10-11-19-20(17-8-6-5-7-9-17)13-25(32-21(19)12-18)15-24(3,4)26-23(29)27-25/h5-12,16,20H,13-15H2,1-4H3,(H2,26,27,29)/t20-,25+/m0/s1. The summed E-state index contributed by atoms with van der Waals surface area (Å²) in [6.07, 6.45) is 1.01. The molecule has 2 N–H and O–H groups in total. The van der Waals surface area contributed by atoms with Crippen molar-refractivity contribution in [3.8, 4) is 11.5 Å². The Morgan fingerprint density at radius 2 is 1.91 bits per heavy atom. The number of hydrogen-bond donors (Lipinski definition) is 2. The van der Waals surface area contributed by atoms with Crippen molar-refractivity contribution in [1.82, 2.24) is 10.6 Å². The Morgan fingerprint density at radius 1 is 1.16 bits per heavy atom. The van der Waals surface area contributed by atoms with E-state index in [4.69, 9.17) is 14.2 Å². The summed E-state index contributed by atoms with van der Waals surface area (Å²) in [4.78, 5) is 24.3. The molecule has 2 atom stereocenters. The molecule has 2 aliphatic heterocycles. The van der Waals surface area contributed by atoms with Crippen LogP contribution in [0.1, 0.15) is 57.6 Å². The smallest absolute Gasteiger partial charge is 0.344 e. The number of benzene rings is 2. The molecule has 32 heavy (non-hydrogen) atoms. The van der Waals surface area contributed by atoms with Crippen LogP contribution >= 0.6 is 0 Å². The zero-order valence-corrected chi connectivity index (χ0v) is 18.9. The van der Waals surface area contributed by atoms with E-state index in [2.05, 4.69) is 22.8 Å². The molecule has 0 aliphatic carbocycles. The van der Waals surface area contributed by atoms with Crippen LogP contribution in [0.3, 0.4) is 0 Å². The van der Waals surface area contributed by atoms with Gasteiger partial charge in [0.15, 0.2) is 12.3 Å². The fourth-order valence-corrected chi connectivity index (χ4v) is 4.63. The summed E-state index contributed by atoms with van der Waals surface area (Å²) in [5.41, 5.74) is 0.894. The van der Waals surface area contributed by atoms with Gasteiger partial charge in [0, 0.05) is 35.9 Å². The Bertz CT molecular complexity index is 1000. The molecule has 0 bridgehead atoms. The van der Waals surface area contributed by atoms with Crippen LogP contribution in [0.25, 0.3) is 0 Å². The molecule has 0 saturated carbocycles. The number of carbonyl (C=O) groups excluding carboxylic acids is 2. The molecule has 2 amide bonds. The fraction of sp³-hybridized carbons (Fsp3) is 0.440. The van der Waals surface area contributed by atoms with Crippen LogP contribution in [-0.2, 0) is 9.53 Å². The van der Waals surface area contributed by atoms with Gasteiger partial charge in [-0.05, 0) is 39.3 Å². The molecule has 4 rings (SSSR count). The van der Waals surface area contributed by atoms with Crippen LogP contribution in [-0.4, -0.2) is 36.0 Å². The highest BCUT2D eigenvalue weighted by Gasteiger charge is 2.49. The third kappa shape index (κ3) is 4.82. The Hall–Kier alpha value is -3.22. The van der Waals surface area contributed by atoms with Crippen LogP contribution in [0.4, 0.5) is 4.79 Å². The van der Waals surface area contributed by atoms with E-state index in [1.54, 1.807) is 19.9 Å². The lowest BCUT2D eigenvalue weighted by atomic mass is 9.77. The van der Waals surface area contributed by atoms with E-state index in [1.165, 1.54) is 0 Å². The summed E-state index contributed by atoms with van der Waals surface area (Å²) in [6.45, 7) is 7.39. The van der Waals surface area contributed by atoms with Gasteiger partial charge in [0.1, 0.15) is 11.5 Å². The second-order valence-corrected chi connectivity index (χ2v) is 9.43. The summed E-state index contributed by atoms with van der Waals surface area (Å²) in [7, 11) is 0. The second kappa shape index (κ2) is 8.37. The Morgan fingerprint density at radius 3 is 2.59 bits per heavy atom. The predicted molar refractivity (Wildman–Crippen MR) is 120 cm³/mol. The summed E-state index contributed by atoms with van der Waals surface area (Å²) in [5, 5.41) is 5.99. The van der Waals surface area contributed by atoms with Crippen molar-refractivity contribution in [2.75, 3.05) is 6.61 Å². The number of carbonyl (C=O) groups is 2. The topological polar surface area (TPSA) is 85.9 Å². The van der Waals surface area contributed by atoms with Crippen LogP contribution in [0.5, 0.6) is 11.5 Å². The van der Waals surface area contributed by atoms with Crippen molar-refractivity contribution >= 4 is 12.0 Å². The maximum atomic E-state index is 12.5. The number of hydrogen-bond acceptors (Lipinski definition) is 5. The molecule has 170 valence electrons. The fourth-order valence-electron chi connectivity index (χ4n) is 4.63. The molecule has 7 nitrogen and oxygen atoms in total. The van der Waals surface area contributed by atoms with Crippen LogP contribution in [0.15, 0.2) is 48.5 Å². The lowest BCUT2D eigenvalue weighted by Crippen LogP contribution is -2.69. The van der Waals surface area contributed by atoms with Gasteiger partial charge >= 0.3 is 12.0 Å². The Balaban J connectivity index is 1.66. The number of rotatable bonds is 5. The highest BCUT2D eigenvalue weighted by atomic mass is 16.6. The zero-order valence-electron chi connectivity index (χ0n) is 18.9. The SMILES string of the molecule is CC(C)OC(=O)COc1ccc2c(c1)O[C@]1(C[C@H]2c2ccccc2)CC(C)(C)NC(=O)N1. The number of esters is 1. The first kappa shape index (κ1) is 22.0.